The van der Waals surface area contributed by atoms with Crippen molar-refractivity contribution >= 4 is 12.0 Å². The Bertz CT molecular complexity index is 2880. The van der Waals surface area contributed by atoms with Gasteiger partial charge in [-0.1, -0.05) is 42.5 Å². The third-order valence-electron chi connectivity index (χ3n) is 13.4. The quantitative estimate of drug-likeness (QED) is 0.0469. The Labute approximate surface area is 418 Å². The van der Waals surface area contributed by atoms with Gasteiger partial charge in [-0.05, 0) is 47.0 Å². The lowest BCUT2D eigenvalue weighted by molar-refractivity contribution is -0.319. The Morgan fingerprint density at radius 3 is 1.81 bits per heavy atom. The summed E-state index contributed by atoms with van der Waals surface area (Å²) in [5, 5.41) is 164. The van der Waals surface area contributed by atoms with E-state index in [1.807, 2.05) is 0 Å². The largest absolute Gasteiger partial charge is 0.508 e. The van der Waals surface area contributed by atoms with Crippen molar-refractivity contribution in [1.29, 1.82) is 0 Å². The van der Waals surface area contributed by atoms with E-state index in [9.17, 15) is 81.4 Å². The summed E-state index contributed by atoms with van der Waals surface area (Å²) >= 11 is 0. The van der Waals surface area contributed by atoms with Gasteiger partial charge in [-0.25, -0.2) is 4.79 Å². The monoisotopic (exact) mass is 1030 g/mol. The van der Waals surface area contributed by atoms with E-state index in [1.54, 1.807) is 30.3 Å². The maximum Gasteiger partial charge on any atom is 0.331 e. The number of aliphatic hydroxyl groups excluding tert-OH is 7. The third-order valence-corrected chi connectivity index (χ3v) is 13.4. The highest BCUT2D eigenvalue weighted by molar-refractivity contribution is 5.87. The lowest BCUT2D eigenvalue weighted by Gasteiger charge is -2.46. The van der Waals surface area contributed by atoms with Gasteiger partial charge in [0.15, 0.2) is 53.9 Å². The summed E-state index contributed by atoms with van der Waals surface area (Å²) in [6, 6.07) is 18.5. The van der Waals surface area contributed by atoms with Crippen molar-refractivity contribution in [2.45, 2.75) is 98.2 Å². The molecule has 2 saturated heterocycles. The van der Waals surface area contributed by atoms with Gasteiger partial charge in [-0.15, -0.1) is 0 Å². The van der Waals surface area contributed by atoms with Crippen LogP contribution in [0, 0.1) is 0 Å². The molecule has 9 rings (SSSR count). The van der Waals surface area contributed by atoms with Crippen LogP contribution in [0.15, 0.2) is 91.0 Å². The van der Waals surface area contributed by atoms with E-state index in [4.69, 9.17) is 33.2 Å². The Hall–Kier alpha value is -7.13. The summed E-state index contributed by atoms with van der Waals surface area (Å²) in [5.74, 6) is -8.40. The summed E-state index contributed by atoms with van der Waals surface area (Å²) in [6.07, 6.45) is -22.6. The Kier molecular flexibility index (Phi) is 14.7. The van der Waals surface area contributed by atoms with Crippen LogP contribution in [-0.4, -0.2) is 169 Å². The Morgan fingerprint density at radius 1 is 0.568 bits per heavy atom. The molecular formula is C51H52O23. The van der Waals surface area contributed by atoms with Gasteiger partial charge >= 0.3 is 5.97 Å². The molecule has 4 heterocycles. The molecule has 0 amide bonds. The molecule has 394 valence electrons. The summed E-state index contributed by atoms with van der Waals surface area (Å²) in [7, 11) is 0. The highest BCUT2D eigenvalue weighted by Gasteiger charge is 2.53. The smallest absolute Gasteiger partial charge is 0.331 e. The van der Waals surface area contributed by atoms with E-state index in [-0.39, 0.29) is 39.3 Å². The van der Waals surface area contributed by atoms with E-state index in [2.05, 4.69) is 0 Å². The van der Waals surface area contributed by atoms with Gasteiger partial charge in [-0.2, -0.15) is 0 Å². The molecule has 15 atom stereocenters. The van der Waals surface area contributed by atoms with Gasteiger partial charge in [0.1, 0.15) is 89.4 Å². The highest BCUT2D eigenvalue weighted by atomic mass is 16.7. The predicted octanol–water partition coefficient (Wildman–Crippen LogP) is 0.908. The Morgan fingerprint density at radius 2 is 1.18 bits per heavy atom. The van der Waals surface area contributed by atoms with Gasteiger partial charge < -0.3 is 110 Å². The molecule has 0 spiro atoms. The SMILES string of the molecule is O=C(C=Cc1ccccc1)O[C@H]1[C@H](O[C@H]2Cc3c(O)cc(O)c([C@@H]4c5c(O)cc(O)cc5O[C@H](c5ccc(O)c(O)c5)[C@H]4O[C@@H]4O[C@H](CO)[C@@H](O)[C@H](O)[C@H]4O)c3O[C@@H]2c2ccc(O)c(O)c2)O[C@H](CO)[C@@H](O)[C@@H]1O. The number of ether oxygens (including phenoxy) is 7. The molecule has 5 aromatic carbocycles. The van der Waals surface area contributed by atoms with Gasteiger partial charge in [0.25, 0.3) is 0 Å². The van der Waals surface area contributed by atoms with Crippen molar-refractivity contribution in [2.24, 2.45) is 0 Å². The fourth-order valence-corrected chi connectivity index (χ4v) is 9.64. The number of aromatic hydroxyl groups is 8. The fraction of sp³-hybridized carbons (Fsp3) is 0.353. The first-order chi connectivity index (χ1) is 35.4. The molecule has 5 aromatic rings. The lowest BCUT2D eigenvalue weighted by Crippen LogP contribution is -2.61. The van der Waals surface area contributed by atoms with Crippen LogP contribution in [0.4, 0.5) is 0 Å². The molecule has 4 aliphatic heterocycles. The molecule has 0 aliphatic carbocycles. The molecule has 0 bridgehead atoms. The van der Waals surface area contributed by atoms with E-state index >= 15 is 0 Å². The number of carbonyl (C=O) groups is 1. The zero-order valence-electron chi connectivity index (χ0n) is 38.5. The van der Waals surface area contributed by atoms with Crippen molar-refractivity contribution in [2.75, 3.05) is 13.2 Å². The molecule has 0 saturated carbocycles. The summed E-state index contributed by atoms with van der Waals surface area (Å²) in [5.41, 5.74) is -0.0777. The average molecular weight is 1030 g/mol. The van der Waals surface area contributed by atoms with Crippen LogP contribution in [0.25, 0.3) is 6.08 Å². The molecule has 74 heavy (non-hydrogen) atoms. The van der Waals surface area contributed by atoms with Crippen LogP contribution >= 0.6 is 0 Å². The zero-order chi connectivity index (χ0) is 52.9. The topological polar surface area (TPSA) is 385 Å². The van der Waals surface area contributed by atoms with E-state index in [0.717, 1.165) is 48.5 Å². The van der Waals surface area contributed by atoms with Crippen LogP contribution < -0.4 is 9.47 Å². The maximum absolute atomic E-state index is 13.3. The Balaban J connectivity index is 1.19. The van der Waals surface area contributed by atoms with Crippen molar-refractivity contribution in [1.82, 2.24) is 0 Å². The van der Waals surface area contributed by atoms with Crippen molar-refractivity contribution in [3.8, 4) is 57.5 Å². The van der Waals surface area contributed by atoms with E-state index < -0.39 is 163 Å². The number of phenolic OH excluding ortho intramolecular Hbond substituents is 8. The van der Waals surface area contributed by atoms with E-state index in [1.165, 1.54) is 18.2 Å². The number of hydrogen-bond donors (Lipinski definition) is 15. The predicted molar refractivity (Wildman–Crippen MR) is 248 cm³/mol. The van der Waals surface area contributed by atoms with Crippen LogP contribution in [0.1, 0.15) is 51.5 Å². The summed E-state index contributed by atoms with van der Waals surface area (Å²) in [4.78, 5) is 13.3. The number of phenols is 8. The first-order valence-corrected chi connectivity index (χ1v) is 23.1. The minimum atomic E-state index is -2.06. The first-order valence-electron chi connectivity index (χ1n) is 23.1. The van der Waals surface area contributed by atoms with Crippen LogP contribution in [-0.2, 0) is 34.9 Å². The number of rotatable bonds is 12. The second-order valence-electron chi connectivity index (χ2n) is 18.1. The first kappa shape index (κ1) is 51.8. The van der Waals surface area contributed by atoms with E-state index in [0.29, 0.717) is 5.56 Å². The van der Waals surface area contributed by atoms with Crippen LogP contribution in [0.3, 0.4) is 0 Å². The molecule has 23 heteroatoms. The van der Waals surface area contributed by atoms with Gasteiger partial charge in [0.05, 0.1) is 19.1 Å². The van der Waals surface area contributed by atoms with Crippen LogP contribution in [0.2, 0.25) is 0 Å². The number of carbonyl (C=O) groups excluding carboxylic acids is 1. The molecule has 2 fully saturated rings. The normalized spacial score (nSPS) is 30.7. The molecule has 15 N–H and O–H groups in total. The molecule has 0 radical (unpaired) electrons. The average Bonchev–Trinajstić information content (AvgIpc) is 3.39. The second-order valence-corrected chi connectivity index (χ2v) is 18.1. The third kappa shape index (κ3) is 9.85. The minimum Gasteiger partial charge on any atom is -0.508 e. The van der Waals surface area contributed by atoms with Crippen molar-refractivity contribution < 1.29 is 115 Å². The summed E-state index contributed by atoms with van der Waals surface area (Å²) < 4.78 is 43.3. The number of esters is 1. The number of fused-ring (bicyclic) bond motifs is 2. The molecule has 0 aromatic heterocycles. The van der Waals surface area contributed by atoms with Gasteiger partial charge in [0.2, 0.25) is 0 Å². The van der Waals surface area contributed by atoms with Crippen molar-refractivity contribution in [3.63, 3.8) is 0 Å². The lowest BCUT2D eigenvalue weighted by atomic mass is 9.77. The second kappa shape index (κ2) is 21.0. The fourth-order valence-electron chi connectivity index (χ4n) is 9.64. The minimum absolute atomic E-state index is 0.0131. The number of hydrogen-bond acceptors (Lipinski definition) is 23. The van der Waals surface area contributed by atoms with Gasteiger partial charge in [0, 0.05) is 47.4 Å². The van der Waals surface area contributed by atoms with Crippen molar-refractivity contribution in [3.05, 3.63) is 124 Å². The molecule has 4 aliphatic rings. The maximum atomic E-state index is 13.3. The molecule has 0 unspecified atom stereocenters. The van der Waals surface area contributed by atoms with Gasteiger partial charge in [-0.3, -0.25) is 0 Å². The van der Waals surface area contributed by atoms with Crippen LogP contribution in [0.5, 0.6) is 57.5 Å². The highest BCUT2D eigenvalue weighted by Crippen LogP contribution is 2.59. The number of aliphatic hydroxyl groups is 7. The zero-order valence-corrected chi connectivity index (χ0v) is 38.5. The standard InChI is InChI=1S/C51H52O23/c52-18-34-40(63)42(65)44(67)50(70-34)74-48-39(37-30(60)14-23(54)15-32(37)68-46(48)22-8-10-26(56)29(59)13-22)38-31(61)17-27(57)24-16-33(45(73-47(24)38)21-7-9-25(55)28(58)12-21)69-51-49(43(66)41(64)35(19-53)71-51)72-36(62)11-6-20-4-2-1-3-5-20/h1-15,17,33-35,39-46,48-61,63-67H,16,18-19H2/t33-,34+,35+,39-,40+,41+,42-,43-,44+,45+,46+,48-,49+,50-,51+/m0/s1. The number of benzene rings is 5. The molecule has 23 nitrogen and oxygen atoms in total. The summed E-state index contributed by atoms with van der Waals surface area (Å²) in [6.45, 7) is -1.74. The molecular weight excluding hydrogens is 981 g/mol.